The first-order valence-corrected chi connectivity index (χ1v) is 3.34. The van der Waals surface area contributed by atoms with Crippen LogP contribution in [0.2, 0.25) is 0 Å². The third-order valence-electron chi connectivity index (χ3n) is 1.40. The maximum atomic E-state index is 10.3. The average molecular weight is 141 g/mol. The van der Waals surface area contributed by atoms with Gasteiger partial charge in [0, 0.05) is 6.54 Å². The highest BCUT2D eigenvalue weighted by atomic mass is 16.1. The van der Waals surface area contributed by atoms with E-state index in [1.54, 1.807) is 0 Å². The summed E-state index contributed by atoms with van der Waals surface area (Å²) in [5.74, 6) is 0. The van der Waals surface area contributed by atoms with Gasteiger partial charge in [0.2, 0.25) is 0 Å². The molecule has 0 radical (unpaired) electrons. The van der Waals surface area contributed by atoms with Crippen molar-refractivity contribution in [3.63, 3.8) is 0 Å². The SMILES string of the molecule is CC(C=O)=C(C)CN(C)C. The van der Waals surface area contributed by atoms with Crippen molar-refractivity contribution in [3.8, 4) is 0 Å². The van der Waals surface area contributed by atoms with Crippen molar-refractivity contribution < 1.29 is 4.79 Å². The van der Waals surface area contributed by atoms with Crippen LogP contribution < -0.4 is 0 Å². The smallest absolute Gasteiger partial charge is 0.145 e. The zero-order chi connectivity index (χ0) is 8.15. The molecule has 0 heterocycles. The minimum atomic E-state index is 0.841. The van der Waals surface area contributed by atoms with Gasteiger partial charge in [0.25, 0.3) is 0 Å². The Morgan fingerprint density at radius 2 is 1.90 bits per heavy atom. The Labute approximate surface area is 62.5 Å². The van der Waals surface area contributed by atoms with Gasteiger partial charge in [-0.15, -0.1) is 0 Å². The molecule has 58 valence electrons. The van der Waals surface area contributed by atoms with E-state index >= 15 is 0 Å². The second-order valence-electron chi connectivity index (χ2n) is 2.82. The van der Waals surface area contributed by atoms with Crippen molar-refractivity contribution in [3.05, 3.63) is 11.1 Å². The number of likely N-dealkylation sites (N-methyl/N-ethyl adjacent to an activating group) is 1. The zero-order valence-corrected chi connectivity index (χ0v) is 7.14. The van der Waals surface area contributed by atoms with E-state index in [0.29, 0.717) is 0 Å². The van der Waals surface area contributed by atoms with Crippen LogP contribution in [-0.2, 0) is 4.79 Å². The fraction of sp³-hybridized carbons (Fsp3) is 0.625. The number of hydrogen-bond acceptors (Lipinski definition) is 2. The number of carbonyl (C=O) groups is 1. The molecule has 0 rings (SSSR count). The third-order valence-corrected chi connectivity index (χ3v) is 1.40. The Kier molecular flexibility index (Phi) is 3.96. The first-order chi connectivity index (χ1) is 4.57. The molecule has 0 aliphatic rings. The van der Waals surface area contributed by atoms with E-state index in [2.05, 4.69) is 0 Å². The highest BCUT2D eigenvalue weighted by molar-refractivity contribution is 5.73. The van der Waals surface area contributed by atoms with E-state index in [0.717, 1.165) is 24.0 Å². The Morgan fingerprint density at radius 1 is 1.40 bits per heavy atom. The second kappa shape index (κ2) is 4.23. The topological polar surface area (TPSA) is 20.3 Å². The molecule has 10 heavy (non-hydrogen) atoms. The lowest BCUT2D eigenvalue weighted by Crippen LogP contribution is -2.14. The number of nitrogens with zero attached hydrogens (tertiary/aromatic N) is 1. The summed E-state index contributed by atoms with van der Waals surface area (Å²) in [5.41, 5.74) is 1.98. The highest BCUT2D eigenvalue weighted by Gasteiger charge is 1.95. The van der Waals surface area contributed by atoms with Crippen LogP contribution >= 0.6 is 0 Å². The van der Waals surface area contributed by atoms with Gasteiger partial charge >= 0.3 is 0 Å². The molecule has 0 bridgehead atoms. The van der Waals surface area contributed by atoms with Gasteiger partial charge < -0.3 is 4.90 Å². The van der Waals surface area contributed by atoms with E-state index < -0.39 is 0 Å². The van der Waals surface area contributed by atoms with Crippen LogP contribution in [-0.4, -0.2) is 31.8 Å². The summed E-state index contributed by atoms with van der Waals surface area (Å²) in [5, 5.41) is 0. The van der Waals surface area contributed by atoms with Gasteiger partial charge in [-0.05, 0) is 33.5 Å². The molecule has 0 spiro atoms. The van der Waals surface area contributed by atoms with Gasteiger partial charge in [0.1, 0.15) is 6.29 Å². The van der Waals surface area contributed by atoms with Gasteiger partial charge in [-0.1, -0.05) is 5.57 Å². The normalized spacial score (nSPS) is 13.3. The lowest BCUT2D eigenvalue weighted by Gasteiger charge is -2.10. The van der Waals surface area contributed by atoms with Crippen LogP contribution in [0.25, 0.3) is 0 Å². The molecule has 0 aliphatic carbocycles. The zero-order valence-electron chi connectivity index (χ0n) is 7.14. The van der Waals surface area contributed by atoms with E-state index in [1.807, 2.05) is 32.8 Å². The van der Waals surface area contributed by atoms with Crippen LogP contribution in [0.5, 0.6) is 0 Å². The molecular formula is C8H15NO. The fourth-order valence-corrected chi connectivity index (χ4v) is 0.700. The molecule has 0 N–H and O–H groups in total. The number of carbonyl (C=O) groups excluding carboxylic acids is 1. The molecule has 0 aromatic rings. The van der Waals surface area contributed by atoms with Crippen molar-refractivity contribution in [2.24, 2.45) is 0 Å². The maximum Gasteiger partial charge on any atom is 0.145 e. The highest BCUT2D eigenvalue weighted by Crippen LogP contribution is 2.00. The summed E-state index contributed by atoms with van der Waals surface area (Å²) in [6.45, 7) is 4.68. The molecule has 0 saturated carbocycles. The number of allylic oxidation sites excluding steroid dienone is 1. The molecular weight excluding hydrogens is 126 g/mol. The number of rotatable bonds is 3. The minimum Gasteiger partial charge on any atom is -0.305 e. The Hall–Kier alpha value is -0.630. The second-order valence-corrected chi connectivity index (χ2v) is 2.82. The molecule has 0 aromatic carbocycles. The van der Waals surface area contributed by atoms with Crippen molar-refractivity contribution in [2.45, 2.75) is 13.8 Å². The van der Waals surface area contributed by atoms with Crippen molar-refractivity contribution in [2.75, 3.05) is 20.6 Å². The van der Waals surface area contributed by atoms with Crippen LogP contribution in [0.4, 0.5) is 0 Å². The predicted molar refractivity (Wildman–Crippen MR) is 43.0 cm³/mol. The molecule has 0 saturated heterocycles. The Bertz CT molecular complexity index is 147. The van der Waals surface area contributed by atoms with Gasteiger partial charge in [0.05, 0.1) is 0 Å². The van der Waals surface area contributed by atoms with E-state index in [4.69, 9.17) is 0 Å². The summed E-state index contributed by atoms with van der Waals surface area (Å²) in [4.78, 5) is 12.3. The van der Waals surface area contributed by atoms with Gasteiger partial charge in [0.15, 0.2) is 0 Å². The molecule has 2 nitrogen and oxygen atoms in total. The summed E-state index contributed by atoms with van der Waals surface area (Å²) in [6.07, 6.45) is 0.902. The Balaban J connectivity index is 4.04. The Morgan fingerprint density at radius 3 is 2.20 bits per heavy atom. The monoisotopic (exact) mass is 141 g/mol. The lowest BCUT2D eigenvalue weighted by atomic mass is 10.2. The van der Waals surface area contributed by atoms with Gasteiger partial charge in [-0.3, -0.25) is 4.79 Å². The molecule has 2 heteroatoms. The van der Waals surface area contributed by atoms with Crippen LogP contribution in [0.15, 0.2) is 11.1 Å². The van der Waals surface area contributed by atoms with Crippen molar-refractivity contribution in [1.29, 1.82) is 0 Å². The first kappa shape index (κ1) is 9.37. The largest absolute Gasteiger partial charge is 0.305 e. The summed E-state index contributed by atoms with van der Waals surface area (Å²) >= 11 is 0. The van der Waals surface area contributed by atoms with Gasteiger partial charge in [-0.25, -0.2) is 0 Å². The minimum absolute atomic E-state index is 0.841. The fourth-order valence-electron chi connectivity index (χ4n) is 0.700. The van der Waals surface area contributed by atoms with E-state index in [1.165, 1.54) is 0 Å². The van der Waals surface area contributed by atoms with Gasteiger partial charge in [-0.2, -0.15) is 0 Å². The first-order valence-electron chi connectivity index (χ1n) is 3.34. The quantitative estimate of drug-likeness (QED) is 0.433. The predicted octanol–water partition coefficient (Wildman–Crippen LogP) is 1.08. The molecule has 0 amide bonds. The molecule has 0 fully saturated rings. The van der Waals surface area contributed by atoms with E-state index in [9.17, 15) is 4.79 Å². The maximum absolute atomic E-state index is 10.3. The average Bonchev–Trinajstić information content (AvgIpc) is 1.85. The summed E-state index contributed by atoms with van der Waals surface area (Å²) in [7, 11) is 3.98. The third kappa shape index (κ3) is 3.41. The molecule has 0 unspecified atom stereocenters. The molecule has 0 atom stereocenters. The van der Waals surface area contributed by atoms with Crippen molar-refractivity contribution >= 4 is 6.29 Å². The van der Waals surface area contributed by atoms with Crippen molar-refractivity contribution in [1.82, 2.24) is 4.90 Å². The summed E-state index contributed by atoms with van der Waals surface area (Å²) < 4.78 is 0. The number of hydrogen-bond donors (Lipinski definition) is 0. The van der Waals surface area contributed by atoms with E-state index in [-0.39, 0.29) is 0 Å². The summed E-state index contributed by atoms with van der Waals surface area (Å²) in [6, 6.07) is 0. The van der Waals surface area contributed by atoms with Crippen LogP contribution in [0, 0.1) is 0 Å². The molecule has 0 aromatic heterocycles. The standard InChI is InChI=1S/C8H15NO/c1-7(5-9(3)4)8(2)6-10/h6H,5H2,1-4H3. The lowest BCUT2D eigenvalue weighted by molar-refractivity contribution is -0.104. The van der Waals surface area contributed by atoms with Crippen LogP contribution in [0.3, 0.4) is 0 Å². The van der Waals surface area contributed by atoms with Crippen LogP contribution in [0.1, 0.15) is 13.8 Å². The number of aldehydes is 1. The molecule has 0 aliphatic heterocycles.